The SMILES string of the molecule is CC1CCc2ccccc2N1c1ccncc1C(=O)O. The molecule has 0 saturated heterocycles. The predicted octanol–water partition coefficient (Wildman–Crippen LogP) is 3.25. The van der Waals surface area contributed by atoms with Crippen molar-refractivity contribution in [2.24, 2.45) is 0 Å². The number of carbonyl (C=O) groups is 1. The van der Waals surface area contributed by atoms with Crippen LogP contribution in [0, 0.1) is 0 Å². The summed E-state index contributed by atoms with van der Waals surface area (Å²) in [6.07, 6.45) is 5.10. The van der Waals surface area contributed by atoms with Gasteiger partial charge < -0.3 is 10.0 Å². The van der Waals surface area contributed by atoms with Gasteiger partial charge in [-0.2, -0.15) is 0 Å². The van der Waals surface area contributed by atoms with Gasteiger partial charge in [-0.25, -0.2) is 4.79 Å². The third-order valence-electron chi connectivity index (χ3n) is 3.81. The summed E-state index contributed by atoms with van der Waals surface area (Å²) < 4.78 is 0. The maximum atomic E-state index is 11.4. The van der Waals surface area contributed by atoms with Crippen molar-refractivity contribution in [3.63, 3.8) is 0 Å². The summed E-state index contributed by atoms with van der Waals surface area (Å²) in [5.74, 6) is -0.941. The van der Waals surface area contributed by atoms with Crippen LogP contribution in [0.2, 0.25) is 0 Å². The van der Waals surface area contributed by atoms with Crippen LogP contribution in [0.25, 0.3) is 0 Å². The lowest BCUT2D eigenvalue weighted by Crippen LogP contribution is -2.34. The van der Waals surface area contributed by atoms with E-state index in [0.717, 1.165) is 18.5 Å². The molecule has 0 radical (unpaired) electrons. The molecule has 0 spiro atoms. The van der Waals surface area contributed by atoms with Gasteiger partial charge in [-0.1, -0.05) is 18.2 Å². The fourth-order valence-electron chi connectivity index (χ4n) is 2.82. The van der Waals surface area contributed by atoms with Gasteiger partial charge in [-0.05, 0) is 37.5 Å². The molecular weight excluding hydrogens is 252 g/mol. The molecule has 0 bridgehead atoms. The van der Waals surface area contributed by atoms with Gasteiger partial charge in [0.15, 0.2) is 0 Å². The van der Waals surface area contributed by atoms with Gasteiger partial charge in [0.2, 0.25) is 0 Å². The monoisotopic (exact) mass is 268 g/mol. The second-order valence-corrected chi connectivity index (χ2v) is 5.08. The van der Waals surface area contributed by atoms with Crippen LogP contribution in [0.15, 0.2) is 42.7 Å². The van der Waals surface area contributed by atoms with Gasteiger partial charge in [0.05, 0.1) is 5.69 Å². The van der Waals surface area contributed by atoms with E-state index in [-0.39, 0.29) is 11.6 Å². The Kier molecular flexibility index (Phi) is 3.14. The minimum atomic E-state index is -0.941. The first-order chi connectivity index (χ1) is 9.68. The van der Waals surface area contributed by atoms with Crippen molar-refractivity contribution in [2.45, 2.75) is 25.8 Å². The number of benzene rings is 1. The summed E-state index contributed by atoms with van der Waals surface area (Å²) in [7, 11) is 0. The highest BCUT2D eigenvalue weighted by Crippen LogP contribution is 2.37. The van der Waals surface area contributed by atoms with Gasteiger partial charge in [0.1, 0.15) is 5.56 Å². The average molecular weight is 268 g/mol. The Labute approximate surface area is 117 Å². The van der Waals surface area contributed by atoms with Crippen molar-refractivity contribution < 1.29 is 9.90 Å². The maximum Gasteiger partial charge on any atom is 0.339 e. The molecule has 0 aliphatic carbocycles. The number of aromatic carboxylic acids is 1. The number of carboxylic acids is 1. The number of nitrogens with zero attached hydrogens (tertiary/aromatic N) is 2. The summed E-state index contributed by atoms with van der Waals surface area (Å²) in [4.78, 5) is 17.5. The maximum absolute atomic E-state index is 11.4. The molecule has 1 unspecified atom stereocenters. The average Bonchev–Trinajstić information content (AvgIpc) is 2.47. The van der Waals surface area contributed by atoms with E-state index in [9.17, 15) is 9.90 Å². The molecule has 102 valence electrons. The molecule has 0 amide bonds. The molecule has 0 fully saturated rings. The van der Waals surface area contributed by atoms with E-state index >= 15 is 0 Å². The summed E-state index contributed by atoms with van der Waals surface area (Å²) in [5.41, 5.74) is 3.32. The highest BCUT2D eigenvalue weighted by Gasteiger charge is 2.27. The second-order valence-electron chi connectivity index (χ2n) is 5.08. The standard InChI is InChI=1S/C16H16N2O2/c1-11-6-7-12-4-2-3-5-14(12)18(11)15-8-9-17-10-13(15)16(19)20/h2-5,8-11H,6-7H2,1H3,(H,19,20). The number of hydrogen-bond donors (Lipinski definition) is 1. The van der Waals surface area contributed by atoms with Crippen LogP contribution in [0.5, 0.6) is 0 Å². The zero-order valence-electron chi connectivity index (χ0n) is 11.3. The van der Waals surface area contributed by atoms with E-state index < -0.39 is 5.97 Å². The number of aromatic nitrogens is 1. The fourth-order valence-corrected chi connectivity index (χ4v) is 2.82. The summed E-state index contributed by atoms with van der Waals surface area (Å²) in [5, 5.41) is 9.36. The van der Waals surface area contributed by atoms with Gasteiger partial charge in [-0.3, -0.25) is 4.98 Å². The lowest BCUT2D eigenvalue weighted by Gasteiger charge is -2.37. The highest BCUT2D eigenvalue weighted by atomic mass is 16.4. The van der Waals surface area contributed by atoms with Crippen LogP contribution in [0.1, 0.15) is 29.3 Å². The van der Waals surface area contributed by atoms with Gasteiger partial charge in [0, 0.05) is 24.1 Å². The number of para-hydroxylation sites is 1. The van der Waals surface area contributed by atoms with E-state index in [4.69, 9.17) is 0 Å². The Hall–Kier alpha value is -2.36. The quantitative estimate of drug-likeness (QED) is 0.908. The van der Waals surface area contributed by atoms with Crippen molar-refractivity contribution in [2.75, 3.05) is 4.90 Å². The minimum absolute atomic E-state index is 0.246. The smallest absolute Gasteiger partial charge is 0.339 e. The van der Waals surface area contributed by atoms with Gasteiger partial charge in [0.25, 0.3) is 0 Å². The van der Waals surface area contributed by atoms with E-state index in [1.54, 1.807) is 12.3 Å². The first-order valence-electron chi connectivity index (χ1n) is 6.73. The van der Waals surface area contributed by atoms with E-state index in [1.165, 1.54) is 11.8 Å². The lowest BCUT2D eigenvalue weighted by molar-refractivity contribution is 0.0697. The number of hydrogen-bond acceptors (Lipinski definition) is 3. The van der Waals surface area contributed by atoms with Crippen molar-refractivity contribution in [3.8, 4) is 0 Å². The van der Waals surface area contributed by atoms with Gasteiger partial charge in [-0.15, -0.1) is 0 Å². The van der Waals surface area contributed by atoms with Crippen LogP contribution < -0.4 is 4.90 Å². The number of aryl methyl sites for hydroxylation is 1. The normalized spacial score (nSPS) is 17.6. The number of anilines is 2. The fraction of sp³-hybridized carbons (Fsp3) is 0.250. The van der Waals surface area contributed by atoms with Crippen molar-refractivity contribution in [1.29, 1.82) is 0 Å². The Morgan fingerprint density at radius 2 is 2.10 bits per heavy atom. The first kappa shape index (κ1) is 12.7. The molecule has 1 aliphatic rings. The third kappa shape index (κ3) is 2.03. The second kappa shape index (κ2) is 4.96. The molecule has 2 aromatic rings. The molecule has 1 aliphatic heterocycles. The van der Waals surface area contributed by atoms with Crippen LogP contribution >= 0.6 is 0 Å². The Balaban J connectivity index is 2.17. The molecular formula is C16H16N2O2. The van der Waals surface area contributed by atoms with Crippen LogP contribution in [-0.2, 0) is 6.42 Å². The van der Waals surface area contributed by atoms with Crippen LogP contribution in [0.4, 0.5) is 11.4 Å². The molecule has 2 heterocycles. The van der Waals surface area contributed by atoms with Crippen molar-refractivity contribution >= 4 is 17.3 Å². The van der Waals surface area contributed by atoms with Gasteiger partial charge >= 0.3 is 5.97 Å². The Morgan fingerprint density at radius 3 is 2.90 bits per heavy atom. The molecule has 1 N–H and O–H groups in total. The molecule has 1 aromatic carbocycles. The third-order valence-corrected chi connectivity index (χ3v) is 3.81. The Morgan fingerprint density at radius 1 is 1.30 bits per heavy atom. The van der Waals surface area contributed by atoms with Crippen LogP contribution in [-0.4, -0.2) is 22.1 Å². The summed E-state index contributed by atoms with van der Waals surface area (Å²) >= 11 is 0. The number of rotatable bonds is 2. The molecule has 1 aromatic heterocycles. The molecule has 3 rings (SSSR count). The van der Waals surface area contributed by atoms with Crippen LogP contribution in [0.3, 0.4) is 0 Å². The summed E-state index contributed by atoms with van der Waals surface area (Å²) in [6.45, 7) is 2.13. The highest BCUT2D eigenvalue weighted by molar-refractivity contribution is 5.95. The molecule has 1 atom stereocenters. The number of fused-ring (bicyclic) bond motifs is 1. The largest absolute Gasteiger partial charge is 0.478 e. The molecule has 4 heteroatoms. The van der Waals surface area contributed by atoms with E-state index in [1.807, 2.05) is 12.1 Å². The molecule has 20 heavy (non-hydrogen) atoms. The first-order valence-corrected chi connectivity index (χ1v) is 6.73. The van der Waals surface area contributed by atoms with E-state index in [2.05, 4.69) is 28.9 Å². The minimum Gasteiger partial charge on any atom is -0.478 e. The van der Waals surface area contributed by atoms with Crippen molar-refractivity contribution in [1.82, 2.24) is 4.98 Å². The Bertz CT molecular complexity index is 654. The topological polar surface area (TPSA) is 53.4 Å². The zero-order valence-corrected chi connectivity index (χ0v) is 11.3. The number of carboxylic acid groups (broad SMARTS) is 1. The molecule has 4 nitrogen and oxygen atoms in total. The molecule has 0 saturated carbocycles. The predicted molar refractivity (Wildman–Crippen MR) is 77.6 cm³/mol. The summed E-state index contributed by atoms with van der Waals surface area (Å²) in [6, 6.07) is 10.2. The van der Waals surface area contributed by atoms with Crippen molar-refractivity contribution in [3.05, 3.63) is 53.9 Å². The number of pyridine rings is 1. The van der Waals surface area contributed by atoms with E-state index in [0.29, 0.717) is 5.69 Å². The lowest BCUT2D eigenvalue weighted by atomic mass is 9.95. The zero-order chi connectivity index (χ0) is 14.1.